The lowest BCUT2D eigenvalue weighted by atomic mass is 10.0. The lowest BCUT2D eigenvalue weighted by Gasteiger charge is -2.32. The van der Waals surface area contributed by atoms with Crippen LogP contribution in [0.3, 0.4) is 0 Å². The van der Waals surface area contributed by atoms with Gasteiger partial charge < -0.3 is 15.0 Å². The Hall–Kier alpha value is -4.39. The van der Waals surface area contributed by atoms with E-state index in [1.54, 1.807) is 30.1 Å². The van der Waals surface area contributed by atoms with E-state index in [1.807, 2.05) is 77.7 Å². The van der Waals surface area contributed by atoms with Crippen molar-refractivity contribution in [2.75, 3.05) is 20.2 Å². The van der Waals surface area contributed by atoms with Crippen molar-refractivity contribution in [3.8, 4) is 22.7 Å². The molecule has 0 spiro atoms. The molecule has 0 atom stereocenters. The first kappa shape index (κ1) is 23.4. The molecule has 2 amide bonds. The zero-order chi connectivity index (χ0) is 24.9. The van der Waals surface area contributed by atoms with Gasteiger partial charge in [-0.15, -0.1) is 0 Å². The molecule has 3 aromatic carbocycles. The summed E-state index contributed by atoms with van der Waals surface area (Å²) in [4.78, 5) is 28.1. The van der Waals surface area contributed by atoms with Crippen molar-refractivity contribution in [3.05, 3.63) is 102 Å². The molecular weight excluding hydrogens is 452 g/mol. The van der Waals surface area contributed by atoms with Crippen LogP contribution in [0.4, 0.5) is 0 Å². The van der Waals surface area contributed by atoms with Gasteiger partial charge >= 0.3 is 0 Å². The number of hydrogen-bond donors (Lipinski definition) is 1. The minimum atomic E-state index is -0.0789. The lowest BCUT2D eigenvalue weighted by molar-refractivity contribution is 0.0699. The number of benzene rings is 3. The van der Waals surface area contributed by atoms with Gasteiger partial charge in [-0.25, -0.2) is 4.68 Å². The Balaban J connectivity index is 1.35. The number of hydrogen-bond acceptors (Lipinski definition) is 4. The molecule has 1 aliphatic rings. The summed E-state index contributed by atoms with van der Waals surface area (Å²) in [5, 5.41) is 7.89. The minimum Gasteiger partial charge on any atom is -0.497 e. The Morgan fingerprint density at radius 2 is 1.61 bits per heavy atom. The standard InChI is InChI=1S/C29H28N4O3/c1-36-25-14-8-11-22(19-25)27-26(20-33(31-27)24-12-6-3-7-13-24)29(35)32-17-15-23(16-18-32)30-28(34)21-9-4-2-5-10-21/h2-14,19-20,23H,15-18H2,1H3,(H,30,34). The van der Waals surface area contributed by atoms with Gasteiger partial charge in [-0.05, 0) is 49.2 Å². The molecule has 0 aliphatic carbocycles. The van der Waals surface area contributed by atoms with Crippen LogP contribution in [0, 0.1) is 0 Å². The fraction of sp³-hybridized carbons (Fsp3) is 0.207. The molecule has 1 aliphatic heterocycles. The summed E-state index contributed by atoms with van der Waals surface area (Å²) in [5.74, 6) is 0.558. The number of carbonyl (C=O) groups is 2. The zero-order valence-corrected chi connectivity index (χ0v) is 20.1. The van der Waals surface area contributed by atoms with Crippen molar-refractivity contribution < 1.29 is 14.3 Å². The fourth-order valence-corrected chi connectivity index (χ4v) is 4.48. The fourth-order valence-electron chi connectivity index (χ4n) is 4.48. The molecule has 0 saturated carbocycles. The van der Waals surface area contributed by atoms with Crippen molar-refractivity contribution >= 4 is 11.8 Å². The smallest absolute Gasteiger partial charge is 0.257 e. The molecule has 182 valence electrons. The molecule has 4 aromatic rings. The average Bonchev–Trinajstić information content (AvgIpc) is 3.40. The van der Waals surface area contributed by atoms with E-state index in [0.29, 0.717) is 48.5 Å². The molecule has 36 heavy (non-hydrogen) atoms. The molecule has 0 radical (unpaired) electrons. The number of nitrogens with one attached hydrogen (secondary N) is 1. The molecule has 1 aromatic heterocycles. The van der Waals surface area contributed by atoms with Crippen LogP contribution in [-0.2, 0) is 0 Å². The number of methoxy groups -OCH3 is 1. The Labute approximate surface area is 210 Å². The van der Waals surface area contributed by atoms with E-state index in [4.69, 9.17) is 9.84 Å². The molecule has 7 heteroatoms. The summed E-state index contributed by atoms with van der Waals surface area (Å²) in [6, 6.07) is 26.6. The van der Waals surface area contributed by atoms with E-state index in [2.05, 4.69) is 5.32 Å². The normalized spacial score (nSPS) is 13.9. The van der Waals surface area contributed by atoms with Crippen LogP contribution in [0.15, 0.2) is 91.1 Å². The van der Waals surface area contributed by atoms with Gasteiger partial charge in [0.25, 0.3) is 11.8 Å². The van der Waals surface area contributed by atoms with Crippen LogP contribution in [0.5, 0.6) is 5.75 Å². The largest absolute Gasteiger partial charge is 0.497 e. The van der Waals surface area contributed by atoms with E-state index in [-0.39, 0.29) is 17.9 Å². The number of ether oxygens (including phenoxy) is 1. The van der Waals surface area contributed by atoms with Crippen LogP contribution >= 0.6 is 0 Å². The van der Waals surface area contributed by atoms with Crippen LogP contribution in [0.1, 0.15) is 33.6 Å². The van der Waals surface area contributed by atoms with Crippen molar-refractivity contribution in [1.29, 1.82) is 0 Å². The Bertz CT molecular complexity index is 1340. The second kappa shape index (κ2) is 10.5. The maximum absolute atomic E-state index is 13.7. The van der Waals surface area contributed by atoms with Crippen LogP contribution < -0.4 is 10.1 Å². The van der Waals surface area contributed by atoms with Gasteiger partial charge in [-0.3, -0.25) is 9.59 Å². The maximum atomic E-state index is 13.7. The SMILES string of the molecule is COc1cccc(-c2nn(-c3ccccc3)cc2C(=O)N2CCC(NC(=O)c3ccccc3)CC2)c1. The summed E-state index contributed by atoms with van der Waals surface area (Å²) in [7, 11) is 1.62. The highest BCUT2D eigenvalue weighted by Crippen LogP contribution is 2.28. The summed E-state index contributed by atoms with van der Waals surface area (Å²) >= 11 is 0. The van der Waals surface area contributed by atoms with E-state index in [0.717, 1.165) is 11.3 Å². The second-order valence-corrected chi connectivity index (χ2v) is 8.81. The van der Waals surface area contributed by atoms with Gasteiger partial charge in [0.05, 0.1) is 18.4 Å². The third kappa shape index (κ3) is 5.00. The molecule has 7 nitrogen and oxygen atoms in total. The first-order valence-corrected chi connectivity index (χ1v) is 12.1. The Morgan fingerprint density at radius 1 is 0.917 bits per heavy atom. The van der Waals surface area contributed by atoms with Gasteiger partial charge in [0.1, 0.15) is 11.4 Å². The monoisotopic (exact) mass is 480 g/mol. The van der Waals surface area contributed by atoms with Crippen LogP contribution in [0.2, 0.25) is 0 Å². The Kier molecular flexibility index (Phi) is 6.80. The second-order valence-electron chi connectivity index (χ2n) is 8.81. The molecule has 0 unspecified atom stereocenters. The summed E-state index contributed by atoms with van der Waals surface area (Å²) in [6.45, 7) is 1.12. The summed E-state index contributed by atoms with van der Waals surface area (Å²) in [5.41, 5.74) is 3.49. The number of aromatic nitrogens is 2. The van der Waals surface area contributed by atoms with E-state index in [1.165, 1.54) is 0 Å². The van der Waals surface area contributed by atoms with Gasteiger partial charge in [0.15, 0.2) is 0 Å². The molecule has 0 bridgehead atoms. The van der Waals surface area contributed by atoms with Crippen molar-refractivity contribution in [3.63, 3.8) is 0 Å². The van der Waals surface area contributed by atoms with Gasteiger partial charge in [0, 0.05) is 36.5 Å². The number of rotatable bonds is 6. The molecule has 5 rings (SSSR count). The number of carbonyl (C=O) groups excluding carboxylic acids is 2. The van der Waals surface area contributed by atoms with E-state index >= 15 is 0 Å². The number of nitrogens with zero attached hydrogens (tertiary/aromatic N) is 3. The highest BCUT2D eigenvalue weighted by atomic mass is 16.5. The number of amides is 2. The lowest BCUT2D eigenvalue weighted by Crippen LogP contribution is -2.46. The third-order valence-corrected chi connectivity index (χ3v) is 6.46. The third-order valence-electron chi connectivity index (χ3n) is 6.46. The number of para-hydroxylation sites is 1. The number of likely N-dealkylation sites (tertiary alicyclic amines) is 1. The maximum Gasteiger partial charge on any atom is 0.257 e. The van der Waals surface area contributed by atoms with Crippen LogP contribution in [0.25, 0.3) is 16.9 Å². The highest BCUT2D eigenvalue weighted by molar-refractivity contribution is 6.00. The molecule has 2 heterocycles. The quantitative estimate of drug-likeness (QED) is 0.438. The predicted octanol–water partition coefficient (Wildman–Crippen LogP) is 4.58. The zero-order valence-electron chi connectivity index (χ0n) is 20.1. The summed E-state index contributed by atoms with van der Waals surface area (Å²) < 4.78 is 7.14. The van der Waals surface area contributed by atoms with Gasteiger partial charge in [-0.2, -0.15) is 5.10 Å². The van der Waals surface area contributed by atoms with Crippen molar-refractivity contribution in [2.45, 2.75) is 18.9 Å². The van der Waals surface area contributed by atoms with Crippen molar-refractivity contribution in [1.82, 2.24) is 20.0 Å². The average molecular weight is 481 g/mol. The molecule has 1 fully saturated rings. The molecule has 1 N–H and O–H groups in total. The first-order valence-electron chi connectivity index (χ1n) is 12.1. The van der Waals surface area contributed by atoms with Gasteiger partial charge in [-0.1, -0.05) is 48.5 Å². The topological polar surface area (TPSA) is 76.5 Å². The summed E-state index contributed by atoms with van der Waals surface area (Å²) in [6.07, 6.45) is 3.20. The molecular formula is C29H28N4O3. The van der Waals surface area contributed by atoms with E-state index < -0.39 is 0 Å². The Morgan fingerprint density at radius 3 is 2.31 bits per heavy atom. The van der Waals surface area contributed by atoms with Crippen molar-refractivity contribution in [2.24, 2.45) is 0 Å². The number of piperidine rings is 1. The minimum absolute atomic E-state index is 0.0339. The van der Waals surface area contributed by atoms with E-state index in [9.17, 15) is 9.59 Å². The van der Waals surface area contributed by atoms with Gasteiger partial charge in [0.2, 0.25) is 0 Å². The predicted molar refractivity (Wildman–Crippen MR) is 138 cm³/mol. The first-order chi connectivity index (χ1) is 17.6. The molecule has 1 saturated heterocycles. The highest BCUT2D eigenvalue weighted by Gasteiger charge is 2.28. The van der Waals surface area contributed by atoms with Crippen LogP contribution in [-0.4, -0.2) is 52.7 Å².